The van der Waals surface area contributed by atoms with E-state index in [4.69, 9.17) is 14.2 Å². The van der Waals surface area contributed by atoms with E-state index in [9.17, 15) is 9.59 Å². The predicted octanol–water partition coefficient (Wildman–Crippen LogP) is 2.51. The van der Waals surface area contributed by atoms with Crippen LogP contribution in [-0.4, -0.2) is 53.8 Å². The van der Waals surface area contributed by atoms with Crippen LogP contribution in [0.5, 0.6) is 11.5 Å². The molecule has 176 valence electrons. The topological polar surface area (TPSA) is 104 Å². The zero-order chi connectivity index (χ0) is 24.0. The first-order valence-corrected chi connectivity index (χ1v) is 10.8. The summed E-state index contributed by atoms with van der Waals surface area (Å²) in [7, 11) is 3.16. The van der Waals surface area contributed by atoms with Crippen molar-refractivity contribution in [3.63, 3.8) is 0 Å². The molecular weight excluding hydrogens is 424 g/mol. The average Bonchev–Trinajstić information content (AvgIpc) is 3.17. The van der Waals surface area contributed by atoms with Crippen molar-refractivity contribution in [3.8, 4) is 11.5 Å². The number of nitrogens with one attached hydrogen (secondary N) is 1. The molecule has 0 atom stereocenters. The summed E-state index contributed by atoms with van der Waals surface area (Å²) in [4.78, 5) is 28.8. The molecule has 0 spiro atoms. The van der Waals surface area contributed by atoms with Gasteiger partial charge in [-0.15, -0.1) is 0 Å². The molecule has 0 fully saturated rings. The first-order chi connectivity index (χ1) is 15.8. The van der Waals surface area contributed by atoms with Crippen molar-refractivity contribution in [2.75, 3.05) is 27.4 Å². The molecule has 0 radical (unpaired) electrons. The lowest BCUT2D eigenvalue weighted by atomic mass is 10.1. The summed E-state index contributed by atoms with van der Waals surface area (Å²) in [6.45, 7) is 5.90. The van der Waals surface area contributed by atoms with Gasteiger partial charge in [-0.1, -0.05) is 6.07 Å². The van der Waals surface area contributed by atoms with E-state index < -0.39 is 5.97 Å². The number of ether oxygens (including phenoxy) is 3. The lowest BCUT2D eigenvalue weighted by molar-refractivity contribution is -0.148. The molecule has 0 aliphatic carbocycles. The molecule has 3 aromatic rings. The molecule has 0 saturated carbocycles. The standard InChI is InChI=1S/C24H30N4O5/c1-15-12-22-26-16(2)19(17(3)28(22)27-15)7-9-24(30)33-14-23(29)25-11-10-18-6-8-20(31-4)21(13-18)32-5/h6,8,12-13H,7,9-11,14H2,1-5H3,(H,25,29). The smallest absolute Gasteiger partial charge is 0.306 e. The Bertz CT molecular complexity index is 1160. The minimum absolute atomic E-state index is 0.161. The molecule has 0 bridgehead atoms. The molecule has 0 unspecified atom stereocenters. The molecule has 1 amide bonds. The van der Waals surface area contributed by atoms with Crippen LogP contribution in [0.2, 0.25) is 0 Å². The normalized spacial score (nSPS) is 10.8. The number of esters is 1. The number of aromatic nitrogens is 3. The van der Waals surface area contributed by atoms with E-state index >= 15 is 0 Å². The molecule has 9 nitrogen and oxygen atoms in total. The quantitative estimate of drug-likeness (QED) is 0.470. The predicted molar refractivity (Wildman–Crippen MR) is 123 cm³/mol. The fourth-order valence-corrected chi connectivity index (χ4v) is 3.68. The van der Waals surface area contributed by atoms with Gasteiger partial charge in [-0.05, 0) is 56.9 Å². The van der Waals surface area contributed by atoms with Crippen LogP contribution in [0.25, 0.3) is 5.65 Å². The average molecular weight is 455 g/mol. The Kier molecular flexibility index (Phi) is 7.87. The van der Waals surface area contributed by atoms with Gasteiger partial charge in [0.15, 0.2) is 23.8 Å². The highest BCUT2D eigenvalue weighted by molar-refractivity contribution is 5.80. The van der Waals surface area contributed by atoms with Gasteiger partial charge in [-0.25, -0.2) is 9.50 Å². The Morgan fingerprint density at radius 2 is 1.79 bits per heavy atom. The fourth-order valence-electron chi connectivity index (χ4n) is 3.68. The summed E-state index contributed by atoms with van der Waals surface area (Å²) >= 11 is 0. The van der Waals surface area contributed by atoms with E-state index in [1.165, 1.54) is 0 Å². The van der Waals surface area contributed by atoms with E-state index in [0.717, 1.165) is 33.9 Å². The Hall–Kier alpha value is -3.62. The van der Waals surface area contributed by atoms with Gasteiger partial charge in [0.2, 0.25) is 0 Å². The molecular formula is C24H30N4O5. The highest BCUT2D eigenvalue weighted by atomic mass is 16.5. The second-order valence-corrected chi connectivity index (χ2v) is 7.77. The lowest BCUT2D eigenvalue weighted by Gasteiger charge is -2.11. The third-order valence-corrected chi connectivity index (χ3v) is 5.41. The van der Waals surface area contributed by atoms with Crippen LogP contribution in [0.3, 0.4) is 0 Å². The summed E-state index contributed by atoms with van der Waals surface area (Å²) in [6, 6.07) is 7.52. The van der Waals surface area contributed by atoms with Gasteiger partial charge in [0.05, 0.1) is 19.9 Å². The van der Waals surface area contributed by atoms with Gasteiger partial charge >= 0.3 is 5.97 Å². The number of aryl methyl sites for hydroxylation is 3. The van der Waals surface area contributed by atoms with E-state index in [1.807, 2.05) is 45.0 Å². The highest BCUT2D eigenvalue weighted by Crippen LogP contribution is 2.27. The van der Waals surface area contributed by atoms with Crippen LogP contribution < -0.4 is 14.8 Å². The van der Waals surface area contributed by atoms with E-state index in [-0.39, 0.29) is 18.9 Å². The van der Waals surface area contributed by atoms with Crippen LogP contribution in [0.15, 0.2) is 24.3 Å². The molecule has 0 aliphatic rings. The molecule has 0 saturated heterocycles. The third kappa shape index (κ3) is 6.00. The number of carbonyl (C=O) groups excluding carboxylic acids is 2. The van der Waals surface area contributed by atoms with Gasteiger partial charge in [-0.2, -0.15) is 5.10 Å². The molecule has 3 rings (SSSR count). The maximum atomic E-state index is 12.2. The lowest BCUT2D eigenvalue weighted by Crippen LogP contribution is -2.30. The van der Waals surface area contributed by atoms with Crippen molar-refractivity contribution < 1.29 is 23.8 Å². The van der Waals surface area contributed by atoms with Gasteiger partial charge in [-0.3, -0.25) is 9.59 Å². The minimum Gasteiger partial charge on any atom is -0.493 e. The summed E-state index contributed by atoms with van der Waals surface area (Å²) in [5, 5.41) is 7.20. The van der Waals surface area contributed by atoms with Gasteiger partial charge < -0.3 is 19.5 Å². The fraction of sp³-hybridized carbons (Fsp3) is 0.417. The van der Waals surface area contributed by atoms with Crippen LogP contribution in [0.1, 0.15) is 34.6 Å². The highest BCUT2D eigenvalue weighted by Gasteiger charge is 2.14. The maximum Gasteiger partial charge on any atom is 0.306 e. The number of rotatable bonds is 10. The van der Waals surface area contributed by atoms with E-state index in [0.29, 0.717) is 30.9 Å². The summed E-state index contributed by atoms with van der Waals surface area (Å²) in [5.74, 6) is 0.516. The van der Waals surface area contributed by atoms with E-state index in [1.54, 1.807) is 18.7 Å². The molecule has 2 aromatic heterocycles. The van der Waals surface area contributed by atoms with E-state index in [2.05, 4.69) is 15.4 Å². The number of benzene rings is 1. The third-order valence-electron chi connectivity index (χ3n) is 5.41. The number of hydrogen-bond donors (Lipinski definition) is 1. The van der Waals surface area contributed by atoms with Crippen molar-refractivity contribution in [2.45, 2.75) is 40.0 Å². The van der Waals surface area contributed by atoms with Crippen LogP contribution in [-0.2, 0) is 27.2 Å². The van der Waals surface area contributed by atoms with Crippen molar-refractivity contribution in [2.24, 2.45) is 0 Å². The Balaban J connectivity index is 1.43. The number of amides is 1. The van der Waals surface area contributed by atoms with Crippen LogP contribution >= 0.6 is 0 Å². The largest absolute Gasteiger partial charge is 0.493 e. The first-order valence-electron chi connectivity index (χ1n) is 10.8. The molecule has 2 heterocycles. The maximum absolute atomic E-state index is 12.2. The van der Waals surface area contributed by atoms with Gasteiger partial charge in [0.1, 0.15) is 0 Å². The SMILES string of the molecule is COc1ccc(CCNC(=O)COC(=O)CCc2c(C)nc3cc(C)nn3c2C)cc1OC. The number of hydrogen-bond acceptors (Lipinski definition) is 7. The minimum atomic E-state index is -0.430. The second-order valence-electron chi connectivity index (χ2n) is 7.77. The summed E-state index contributed by atoms with van der Waals surface area (Å²) in [5.41, 5.74) is 5.44. The molecule has 1 N–H and O–H groups in total. The molecule has 0 aliphatic heterocycles. The van der Waals surface area contributed by atoms with Crippen molar-refractivity contribution in [1.29, 1.82) is 0 Å². The van der Waals surface area contributed by atoms with Gasteiger partial charge in [0.25, 0.3) is 5.91 Å². The van der Waals surface area contributed by atoms with Crippen molar-refractivity contribution in [1.82, 2.24) is 19.9 Å². The first kappa shape index (κ1) is 24.0. The molecule has 9 heteroatoms. The van der Waals surface area contributed by atoms with Crippen molar-refractivity contribution in [3.05, 3.63) is 52.5 Å². The second kappa shape index (κ2) is 10.8. The molecule has 33 heavy (non-hydrogen) atoms. The zero-order valence-corrected chi connectivity index (χ0v) is 19.7. The molecule has 1 aromatic carbocycles. The number of methoxy groups -OCH3 is 2. The number of nitrogens with zero attached hydrogens (tertiary/aromatic N) is 3. The van der Waals surface area contributed by atoms with Gasteiger partial charge in [0, 0.05) is 30.4 Å². The Labute approximate surface area is 193 Å². The monoisotopic (exact) mass is 454 g/mol. The summed E-state index contributed by atoms with van der Waals surface area (Å²) in [6.07, 6.45) is 1.24. The number of carbonyl (C=O) groups is 2. The van der Waals surface area contributed by atoms with Crippen LogP contribution in [0.4, 0.5) is 0 Å². The summed E-state index contributed by atoms with van der Waals surface area (Å²) < 4.78 is 17.4. The Morgan fingerprint density at radius 3 is 2.52 bits per heavy atom. The van der Waals surface area contributed by atoms with Crippen molar-refractivity contribution >= 4 is 17.5 Å². The van der Waals surface area contributed by atoms with Crippen LogP contribution in [0, 0.1) is 20.8 Å². The number of fused-ring (bicyclic) bond motifs is 1. The Morgan fingerprint density at radius 1 is 1.03 bits per heavy atom. The zero-order valence-electron chi connectivity index (χ0n) is 19.7.